The zero-order valence-corrected chi connectivity index (χ0v) is 23.7. The summed E-state index contributed by atoms with van der Waals surface area (Å²) in [6.45, 7) is 5.99. The number of amides is 5. The number of likely N-dealkylation sites (tertiary alicyclic amines) is 2. The van der Waals surface area contributed by atoms with Gasteiger partial charge in [-0.2, -0.15) is 0 Å². The standard InChI is InChI=1S/C30H43N5O5/c1-22-7-8-24(19-25(22)35-14-9-26(36)32-29(35)39)40-21-28(38)34-17-12-30(13-18-34)10-15-33(16-11-30)20-27(37)31-23-5-3-2-4-6-23/h7-8,19,23H,2-6,9-18,20-21H2,1H3,(H,31,37)(H,32,36,39). The molecule has 1 aliphatic carbocycles. The lowest BCUT2D eigenvalue weighted by molar-refractivity contribution is -0.136. The van der Waals surface area contributed by atoms with Gasteiger partial charge < -0.3 is 15.0 Å². The Bertz CT molecular complexity index is 1100. The van der Waals surface area contributed by atoms with E-state index in [2.05, 4.69) is 15.5 Å². The summed E-state index contributed by atoms with van der Waals surface area (Å²) in [6.07, 6.45) is 10.3. The van der Waals surface area contributed by atoms with Gasteiger partial charge >= 0.3 is 6.03 Å². The zero-order valence-electron chi connectivity index (χ0n) is 23.7. The van der Waals surface area contributed by atoms with Crippen molar-refractivity contribution in [2.45, 2.75) is 77.2 Å². The summed E-state index contributed by atoms with van der Waals surface area (Å²) in [6, 6.07) is 5.33. The first kappa shape index (κ1) is 28.4. The van der Waals surface area contributed by atoms with Gasteiger partial charge in [0.05, 0.1) is 12.2 Å². The molecule has 10 nitrogen and oxygen atoms in total. The molecule has 1 aromatic rings. The molecule has 1 saturated carbocycles. The molecule has 2 N–H and O–H groups in total. The summed E-state index contributed by atoms with van der Waals surface area (Å²) in [5.41, 5.74) is 1.82. The van der Waals surface area contributed by atoms with Crippen LogP contribution in [0.1, 0.15) is 69.8 Å². The fraction of sp³-hybridized carbons (Fsp3) is 0.667. The molecular weight excluding hydrogens is 510 g/mol. The summed E-state index contributed by atoms with van der Waals surface area (Å²) in [7, 11) is 0. The maximum Gasteiger partial charge on any atom is 0.328 e. The monoisotopic (exact) mass is 553 g/mol. The van der Waals surface area contributed by atoms with Gasteiger partial charge in [-0.1, -0.05) is 25.3 Å². The van der Waals surface area contributed by atoms with Crippen molar-refractivity contribution in [1.82, 2.24) is 20.4 Å². The number of hydrogen-bond acceptors (Lipinski definition) is 6. The van der Waals surface area contributed by atoms with E-state index in [-0.39, 0.29) is 36.2 Å². The number of nitrogens with one attached hydrogen (secondary N) is 2. The van der Waals surface area contributed by atoms with E-state index in [1.807, 2.05) is 17.9 Å². The van der Waals surface area contributed by atoms with Gasteiger partial charge in [-0.3, -0.25) is 29.5 Å². The van der Waals surface area contributed by atoms with Gasteiger partial charge in [0, 0.05) is 38.2 Å². The molecule has 1 spiro atoms. The smallest absolute Gasteiger partial charge is 0.328 e. The molecule has 0 unspecified atom stereocenters. The number of hydrogen-bond donors (Lipinski definition) is 2. The second-order valence-electron chi connectivity index (χ2n) is 12.1. The van der Waals surface area contributed by atoms with Crippen LogP contribution < -0.4 is 20.3 Å². The minimum absolute atomic E-state index is 0.0323. The van der Waals surface area contributed by atoms with E-state index >= 15 is 0 Å². The lowest BCUT2D eigenvalue weighted by atomic mass is 9.71. The Balaban J connectivity index is 1.05. The van der Waals surface area contributed by atoms with Gasteiger partial charge in [0.1, 0.15) is 5.75 Å². The summed E-state index contributed by atoms with van der Waals surface area (Å²) in [5.74, 6) is 0.378. The molecule has 1 aromatic carbocycles. The number of imide groups is 1. The van der Waals surface area contributed by atoms with Crippen molar-refractivity contribution in [2.24, 2.45) is 5.41 Å². The van der Waals surface area contributed by atoms with Gasteiger partial charge in [0.25, 0.3) is 5.91 Å². The van der Waals surface area contributed by atoms with E-state index in [0.29, 0.717) is 30.6 Å². The Morgan fingerprint density at radius 2 is 1.70 bits per heavy atom. The van der Waals surface area contributed by atoms with Crippen LogP contribution in [0, 0.1) is 12.3 Å². The second-order valence-corrected chi connectivity index (χ2v) is 12.1. The number of aryl methyl sites for hydroxylation is 1. The van der Waals surface area contributed by atoms with Crippen molar-refractivity contribution < 1.29 is 23.9 Å². The number of benzene rings is 1. The number of ether oxygens (including phenoxy) is 1. The molecular formula is C30H43N5O5. The Labute approximate surface area is 236 Å². The van der Waals surface area contributed by atoms with E-state index in [1.54, 1.807) is 12.1 Å². The minimum atomic E-state index is -0.441. The van der Waals surface area contributed by atoms with Crippen LogP contribution in [0.5, 0.6) is 5.75 Å². The molecule has 0 radical (unpaired) electrons. The normalized spacial score (nSPS) is 22.2. The highest BCUT2D eigenvalue weighted by atomic mass is 16.5. The third kappa shape index (κ3) is 6.95. The lowest BCUT2D eigenvalue weighted by Gasteiger charge is -2.46. The Morgan fingerprint density at radius 3 is 2.40 bits per heavy atom. The molecule has 5 amide bonds. The van der Waals surface area contributed by atoms with Crippen molar-refractivity contribution in [1.29, 1.82) is 0 Å². The predicted octanol–water partition coefficient (Wildman–Crippen LogP) is 2.97. The Morgan fingerprint density at radius 1 is 1.00 bits per heavy atom. The fourth-order valence-electron chi connectivity index (χ4n) is 6.64. The summed E-state index contributed by atoms with van der Waals surface area (Å²) in [4.78, 5) is 55.0. The molecule has 218 valence electrons. The van der Waals surface area contributed by atoms with Crippen LogP contribution in [0.4, 0.5) is 10.5 Å². The number of carbonyl (C=O) groups is 4. The second kappa shape index (κ2) is 12.6. The average Bonchev–Trinajstić information content (AvgIpc) is 2.95. The Hall–Kier alpha value is -3.14. The van der Waals surface area contributed by atoms with Gasteiger partial charge in [-0.15, -0.1) is 0 Å². The maximum atomic E-state index is 13.0. The molecule has 4 fully saturated rings. The van der Waals surface area contributed by atoms with Crippen molar-refractivity contribution in [2.75, 3.05) is 50.8 Å². The van der Waals surface area contributed by atoms with Crippen LogP contribution in [0.15, 0.2) is 18.2 Å². The molecule has 10 heteroatoms. The van der Waals surface area contributed by atoms with E-state index in [0.717, 1.165) is 70.3 Å². The van der Waals surface area contributed by atoms with Crippen LogP contribution in [-0.4, -0.2) is 85.5 Å². The van der Waals surface area contributed by atoms with Crippen molar-refractivity contribution in [3.63, 3.8) is 0 Å². The zero-order chi connectivity index (χ0) is 28.1. The van der Waals surface area contributed by atoms with Crippen LogP contribution in [0.25, 0.3) is 0 Å². The summed E-state index contributed by atoms with van der Waals surface area (Å²) < 4.78 is 5.85. The highest BCUT2D eigenvalue weighted by molar-refractivity contribution is 6.06. The van der Waals surface area contributed by atoms with E-state index in [9.17, 15) is 19.2 Å². The van der Waals surface area contributed by atoms with E-state index in [4.69, 9.17) is 4.74 Å². The van der Waals surface area contributed by atoms with Gasteiger partial charge in [0.15, 0.2) is 6.61 Å². The minimum Gasteiger partial charge on any atom is -0.484 e. The number of anilines is 1. The SMILES string of the molecule is Cc1ccc(OCC(=O)N2CCC3(CCN(CC(=O)NC4CCCCC4)CC3)CC2)cc1N1CCC(=O)NC1=O. The lowest BCUT2D eigenvalue weighted by Crippen LogP contribution is -2.51. The largest absolute Gasteiger partial charge is 0.484 e. The summed E-state index contributed by atoms with van der Waals surface area (Å²) >= 11 is 0. The molecule has 0 aromatic heterocycles. The number of carbonyl (C=O) groups excluding carboxylic acids is 4. The number of urea groups is 1. The first-order chi connectivity index (χ1) is 19.3. The van der Waals surface area contributed by atoms with Crippen LogP contribution in [0.3, 0.4) is 0 Å². The molecule has 4 aliphatic rings. The fourth-order valence-corrected chi connectivity index (χ4v) is 6.64. The number of piperidine rings is 2. The number of nitrogens with zero attached hydrogens (tertiary/aromatic N) is 3. The maximum absolute atomic E-state index is 13.0. The third-order valence-electron chi connectivity index (χ3n) is 9.32. The highest BCUT2D eigenvalue weighted by Crippen LogP contribution is 2.41. The Kier molecular flexibility index (Phi) is 8.93. The topological polar surface area (TPSA) is 111 Å². The third-order valence-corrected chi connectivity index (χ3v) is 9.32. The molecule has 0 bridgehead atoms. The predicted molar refractivity (Wildman–Crippen MR) is 151 cm³/mol. The quantitative estimate of drug-likeness (QED) is 0.537. The van der Waals surface area contributed by atoms with Crippen LogP contribution in [-0.2, 0) is 14.4 Å². The summed E-state index contributed by atoms with van der Waals surface area (Å²) in [5, 5.41) is 5.58. The van der Waals surface area contributed by atoms with E-state index in [1.165, 1.54) is 24.2 Å². The van der Waals surface area contributed by atoms with Crippen LogP contribution >= 0.6 is 0 Å². The first-order valence-corrected chi connectivity index (χ1v) is 14.9. The van der Waals surface area contributed by atoms with Crippen LogP contribution in [0.2, 0.25) is 0 Å². The molecule has 3 saturated heterocycles. The highest BCUT2D eigenvalue weighted by Gasteiger charge is 2.39. The molecule has 3 heterocycles. The number of rotatable bonds is 7. The van der Waals surface area contributed by atoms with Crippen molar-refractivity contribution >= 4 is 29.4 Å². The molecule has 40 heavy (non-hydrogen) atoms. The molecule has 0 atom stereocenters. The first-order valence-electron chi connectivity index (χ1n) is 14.9. The van der Waals surface area contributed by atoms with Crippen molar-refractivity contribution in [3.05, 3.63) is 23.8 Å². The molecule has 5 rings (SSSR count). The van der Waals surface area contributed by atoms with Gasteiger partial charge in [0.2, 0.25) is 11.8 Å². The average molecular weight is 554 g/mol. The van der Waals surface area contributed by atoms with Gasteiger partial charge in [-0.25, -0.2) is 4.79 Å². The van der Waals surface area contributed by atoms with E-state index < -0.39 is 6.03 Å². The van der Waals surface area contributed by atoms with Gasteiger partial charge in [-0.05, 0) is 75.6 Å². The molecule has 3 aliphatic heterocycles. The van der Waals surface area contributed by atoms with Crippen molar-refractivity contribution in [3.8, 4) is 5.75 Å².